The lowest BCUT2D eigenvalue weighted by Crippen LogP contribution is -2.55. The normalized spacial score (nSPS) is 21.7. The highest BCUT2D eigenvalue weighted by molar-refractivity contribution is 5.77. The van der Waals surface area contributed by atoms with Crippen LogP contribution in [0.3, 0.4) is 0 Å². The number of likely N-dealkylation sites (tertiary alicyclic amines) is 2. The summed E-state index contributed by atoms with van der Waals surface area (Å²) in [6.45, 7) is 4.87. The van der Waals surface area contributed by atoms with Gasteiger partial charge in [-0.2, -0.15) is 13.2 Å². The van der Waals surface area contributed by atoms with Crippen LogP contribution in [0.4, 0.5) is 13.2 Å². The molecule has 2 fully saturated rings. The van der Waals surface area contributed by atoms with E-state index in [1.54, 1.807) is 17.0 Å². The molecule has 1 amide bonds. The molecule has 33 heavy (non-hydrogen) atoms. The van der Waals surface area contributed by atoms with Crippen LogP contribution in [0.25, 0.3) is 0 Å². The molecule has 2 aromatic carbocycles. The van der Waals surface area contributed by atoms with Crippen LogP contribution < -0.4 is 4.74 Å². The van der Waals surface area contributed by atoms with Crippen LogP contribution in [-0.2, 0) is 24.1 Å². The van der Waals surface area contributed by atoms with Crippen LogP contribution in [0.15, 0.2) is 42.5 Å². The van der Waals surface area contributed by atoms with E-state index in [1.165, 1.54) is 6.07 Å². The number of alkyl halides is 3. The minimum atomic E-state index is -4.40. The fraction of sp³-hybridized carbons (Fsp3) is 0.480. The lowest BCUT2D eigenvalue weighted by molar-refractivity contribution is -0.142. The average Bonchev–Trinajstić information content (AvgIpc) is 2.78. The second-order valence-electron chi connectivity index (χ2n) is 8.84. The summed E-state index contributed by atoms with van der Waals surface area (Å²) in [7, 11) is 0. The van der Waals surface area contributed by atoms with E-state index >= 15 is 0 Å². The molecule has 0 saturated carbocycles. The van der Waals surface area contributed by atoms with Crippen LogP contribution in [-0.4, -0.2) is 46.6 Å². The third-order valence-corrected chi connectivity index (χ3v) is 6.57. The zero-order chi connectivity index (χ0) is 23.6. The topological polar surface area (TPSA) is 53.0 Å². The Bertz CT molecular complexity index is 995. The van der Waals surface area contributed by atoms with Crippen LogP contribution in [0.5, 0.6) is 11.5 Å². The molecule has 5 nitrogen and oxygen atoms in total. The molecule has 0 radical (unpaired) electrons. The molecule has 0 aromatic heterocycles. The molecule has 2 aliphatic heterocycles. The highest BCUT2D eigenvalue weighted by Gasteiger charge is 2.39. The molecule has 4 rings (SSSR count). The van der Waals surface area contributed by atoms with Gasteiger partial charge in [-0.3, -0.25) is 9.69 Å². The summed E-state index contributed by atoms with van der Waals surface area (Å²) in [5.74, 6) is 0.892. The summed E-state index contributed by atoms with van der Waals surface area (Å²) < 4.78 is 44.8. The SMILES string of the molecule is CCOc1cc(CN2CC[C@H]3[C@H](CCC(=O)N3Cc3cccc(C(F)(F)F)c3)C2)ccc1O. The smallest absolute Gasteiger partial charge is 0.416 e. The van der Waals surface area contributed by atoms with Crippen molar-refractivity contribution in [2.24, 2.45) is 5.92 Å². The van der Waals surface area contributed by atoms with E-state index in [1.807, 2.05) is 19.1 Å². The summed E-state index contributed by atoms with van der Waals surface area (Å²) in [6.07, 6.45) is -2.40. The monoisotopic (exact) mass is 462 g/mol. The number of hydrogen-bond acceptors (Lipinski definition) is 4. The van der Waals surface area contributed by atoms with Gasteiger partial charge in [0, 0.05) is 38.6 Å². The van der Waals surface area contributed by atoms with E-state index in [9.17, 15) is 23.1 Å². The fourth-order valence-electron chi connectivity index (χ4n) is 5.00. The van der Waals surface area contributed by atoms with Gasteiger partial charge in [-0.15, -0.1) is 0 Å². The largest absolute Gasteiger partial charge is 0.504 e. The Morgan fingerprint density at radius 1 is 1.09 bits per heavy atom. The molecule has 8 heteroatoms. The zero-order valence-corrected chi connectivity index (χ0v) is 18.6. The van der Waals surface area contributed by atoms with Gasteiger partial charge in [-0.25, -0.2) is 0 Å². The van der Waals surface area contributed by atoms with Crippen molar-refractivity contribution in [3.05, 3.63) is 59.2 Å². The third-order valence-electron chi connectivity index (χ3n) is 6.57. The van der Waals surface area contributed by atoms with Crippen molar-refractivity contribution in [2.75, 3.05) is 19.7 Å². The number of hydrogen-bond donors (Lipinski definition) is 1. The van der Waals surface area contributed by atoms with Gasteiger partial charge in [0.2, 0.25) is 5.91 Å². The van der Waals surface area contributed by atoms with Crippen LogP contribution >= 0.6 is 0 Å². The molecular weight excluding hydrogens is 433 g/mol. The molecule has 2 heterocycles. The fourth-order valence-corrected chi connectivity index (χ4v) is 5.00. The second kappa shape index (κ2) is 9.63. The number of benzene rings is 2. The Morgan fingerprint density at radius 3 is 2.64 bits per heavy atom. The van der Waals surface area contributed by atoms with E-state index < -0.39 is 11.7 Å². The van der Waals surface area contributed by atoms with E-state index in [0.717, 1.165) is 43.6 Å². The van der Waals surface area contributed by atoms with Gasteiger partial charge in [0.15, 0.2) is 11.5 Å². The Hall–Kier alpha value is -2.74. The number of nitrogens with zero attached hydrogens (tertiary/aromatic N) is 2. The molecule has 178 valence electrons. The van der Waals surface area contributed by atoms with Crippen molar-refractivity contribution in [3.63, 3.8) is 0 Å². The number of ether oxygens (including phenoxy) is 1. The Kier molecular flexibility index (Phi) is 6.83. The predicted octanol–water partition coefficient (Wildman–Crippen LogP) is 4.82. The maximum Gasteiger partial charge on any atom is 0.416 e. The summed E-state index contributed by atoms with van der Waals surface area (Å²) in [5.41, 5.74) is 0.868. The van der Waals surface area contributed by atoms with Crippen LogP contribution in [0, 0.1) is 5.92 Å². The lowest BCUT2D eigenvalue weighted by Gasteiger charge is -2.47. The number of piperidine rings is 2. The maximum absolute atomic E-state index is 13.1. The number of aromatic hydroxyl groups is 1. The summed E-state index contributed by atoms with van der Waals surface area (Å²) in [6, 6.07) is 10.7. The first-order valence-corrected chi connectivity index (χ1v) is 11.4. The minimum Gasteiger partial charge on any atom is -0.504 e. The second-order valence-corrected chi connectivity index (χ2v) is 8.84. The van der Waals surface area contributed by atoms with Crippen LogP contribution in [0.1, 0.15) is 42.9 Å². The molecule has 2 saturated heterocycles. The first-order chi connectivity index (χ1) is 15.7. The molecule has 1 N–H and O–H groups in total. The van der Waals surface area contributed by atoms with E-state index in [4.69, 9.17) is 4.74 Å². The molecule has 2 atom stereocenters. The first kappa shape index (κ1) is 23.4. The van der Waals surface area contributed by atoms with E-state index in [0.29, 0.717) is 30.9 Å². The number of carbonyl (C=O) groups is 1. The number of halogens is 3. The third kappa shape index (κ3) is 5.43. The van der Waals surface area contributed by atoms with Crippen molar-refractivity contribution in [1.29, 1.82) is 0 Å². The van der Waals surface area contributed by atoms with Gasteiger partial charge in [-0.1, -0.05) is 18.2 Å². The number of phenols is 1. The number of rotatable bonds is 6. The van der Waals surface area contributed by atoms with Crippen LogP contribution in [0.2, 0.25) is 0 Å². The van der Waals surface area contributed by atoms with Gasteiger partial charge in [0.05, 0.1) is 12.2 Å². The number of fused-ring (bicyclic) bond motifs is 1. The molecule has 0 aliphatic carbocycles. The van der Waals surface area contributed by atoms with Gasteiger partial charge in [0.25, 0.3) is 0 Å². The lowest BCUT2D eigenvalue weighted by atomic mass is 9.83. The molecule has 0 spiro atoms. The quantitative estimate of drug-likeness (QED) is 0.669. The molecule has 0 unspecified atom stereocenters. The number of carbonyl (C=O) groups excluding carboxylic acids is 1. The standard InChI is InChI=1S/C25H29F3N2O3/c1-2-33-23-13-18(6-8-22(23)31)14-29-11-10-21-19(16-29)7-9-24(32)30(21)15-17-4-3-5-20(12-17)25(26,27)28/h3-6,8,12-13,19,21,31H,2,7,9-11,14-16H2,1H3/t19-,21+/m1/s1. The van der Waals surface area contributed by atoms with Gasteiger partial charge in [0.1, 0.15) is 0 Å². The molecular formula is C25H29F3N2O3. The predicted molar refractivity (Wildman–Crippen MR) is 118 cm³/mol. The van der Waals surface area contributed by atoms with Crippen molar-refractivity contribution in [2.45, 2.75) is 51.5 Å². The summed E-state index contributed by atoms with van der Waals surface area (Å²) in [4.78, 5) is 16.8. The summed E-state index contributed by atoms with van der Waals surface area (Å²) in [5, 5.41) is 9.92. The molecule has 0 bridgehead atoms. The summed E-state index contributed by atoms with van der Waals surface area (Å²) >= 11 is 0. The Labute approximate surface area is 191 Å². The molecule has 2 aromatic rings. The highest BCUT2D eigenvalue weighted by atomic mass is 19.4. The molecule has 2 aliphatic rings. The first-order valence-electron chi connectivity index (χ1n) is 11.4. The van der Waals surface area contributed by atoms with E-state index in [-0.39, 0.29) is 30.2 Å². The Balaban J connectivity index is 1.43. The maximum atomic E-state index is 13.1. The van der Waals surface area contributed by atoms with Gasteiger partial charge in [-0.05, 0) is 61.1 Å². The number of amides is 1. The van der Waals surface area contributed by atoms with Crippen molar-refractivity contribution in [1.82, 2.24) is 9.80 Å². The van der Waals surface area contributed by atoms with E-state index in [2.05, 4.69) is 4.90 Å². The highest BCUT2D eigenvalue weighted by Crippen LogP contribution is 2.35. The van der Waals surface area contributed by atoms with Gasteiger partial charge < -0.3 is 14.7 Å². The van der Waals surface area contributed by atoms with Crippen molar-refractivity contribution in [3.8, 4) is 11.5 Å². The van der Waals surface area contributed by atoms with Crippen molar-refractivity contribution >= 4 is 5.91 Å². The minimum absolute atomic E-state index is 0.0157. The average molecular weight is 463 g/mol. The zero-order valence-electron chi connectivity index (χ0n) is 18.6. The Morgan fingerprint density at radius 2 is 1.88 bits per heavy atom. The van der Waals surface area contributed by atoms with Crippen molar-refractivity contribution < 1.29 is 27.8 Å². The van der Waals surface area contributed by atoms with Gasteiger partial charge >= 0.3 is 6.18 Å². The number of phenolic OH excluding ortho intramolecular Hbond substituents is 1.